The van der Waals surface area contributed by atoms with E-state index in [0.717, 1.165) is 58.4 Å². The summed E-state index contributed by atoms with van der Waals surface area (Å²) in [6, 6.07) is 0. The van der Waals surface area contributed by atoms with Gasteiger partial charge in [0, 0.05) is 74.9 Å². The molecule has 3 fully saturated rings. The molecule has 9 rings (SSSR count). The molecule has 0 radical (unpaired) electrons. The first-order valence-corrected chi connectivity index (χ1v) is 25.5. The maximum absolute atomic E-state index is 14.9. The highest BCUT2D eigenvalue weighted by molar-refractivity contribution is 6.21. The van der Waals surface area contributed by atoms with Gasteiger partial charge in [0.05, 0.1) is 29.0 Å². The molecule has 0 aromatic heterocycles. The number of nitrogens with zero attached hydrogens (tertiary/aromatic N) is 5. The first kappa shape index (κ1) is 50.4. The fraction of sp³-hybridized carbons (Fsp3) is 0.648. The van der Waals surface area contributed by atoms with Crippen LogP contribution in [-0.2, 0) is 14.3 Å². The molecule has 2 unspecified atom stereocenters. The molecule has 15 nitrogen and oxygen atoms in total. The number of aliphatic hydroxyl groups is 1. The second kappa shape index (κ2) is 19.7. The highest BCUT2D eigenvalue weighted by Crippen LogP contribution is 2.51. The fourth-order valence-electron chi connectivity index (χ4n) is 11.9. The monoisotopic (exact) mass is 953 g/mol. The molecule has 2 amide bonds. The summed E-state index contributed by atoms with van der Waals surface area (Å²) in [6.45, 7) is 22.9. The lowest BCUT2D eigenvalue weighted by Crippen LogP contribution is -2.52. The summed E-state index contributed by atoms with van der Waals surface area (Å²) in [4.78, 5) is 59.3. The van der Waals surface area contributed by atoms with Crippen molar-refractivity contribution in [2.24, 2.45) is 45.0 Å². The van der Waals surface area contributed by atoms with Crippen molar-refractivity contribution in [3.8, 4) is 17.2 Å². The number of ether oxygens (including phenoxy) is 3. The first-order valence-electron chi connectivity index (χ1n) is 25.5. The first-order chi connectivity index (χ1) is 32.6. The minimum Gasteiger partial charge on any atom is -0.507 e. The molecular weight excluding hydrogens is 877 g/mol. The number of aliphatic hydroxyl groups excluding tert-OH is 1. The molecule has 2 aromatic rings. The Bertz CT molecular complexity index is 2560. The second-order valence-electron chi connectivity index (χ2n) is 22.3. The Morgan fingerprint density at radius 3 is 2.36 bits per heavy atom. The van der Waals surface area contributed by atoms with Gasteiger partial charge in [0.25, 0.3) is 11.7 Å². The molecule has 5 bridgehead atoms. The number of ketones is 1. The molecule has 0 saturated carbocycles. The third-order valence-corrected chi connectivity index (χ3v) is 16.1. The van der Waals surface area contributed by atoms with Gasteiger partial charge in [0.2, 0.25) is 0 Å². The molecule has 7 aliphatic rings. The molecule has 69 heavy (non-hydrogen) atoms. The Morgan fingerprint density at radius 2 is 1.67 bits per heavy atom. The van der Waals surface area contributed by atoms with Crippen LogP contribution in [0.25, 0.3) is 10.8 Å². The van der Waals surface area contributed by atoms with Crippen LogP contribution in [-0.4, -0.2) is 124 Å². The topological polar surface area (TPSA) is 186 Å². The van der Waals surface area contributed by atoms with E-state index >= 15 is 0 Å². The van der Waals surface area contributed by atoms with Crippen LogP contribution < -0.4 is 20.8 Å². The van der Waals surface area contributed by atoms with E-state index in [9.17, 15) is 29.7 Å². The van der Waals surface area contributed by atoms with Gasteiger partial charge in [-0.25, -0.2) is 9.79 Å². The summed E-state index contributed by atoms with van der Waals surface area (Å²) in [5.41, 5.74) is 0.271. The molecule has 2 spiro atoms. The smallest absolute Gasteiger partial charge is 0.410 e. The number of amides is 2. The van der Waals surface area contributed by atoms with E-state index in [0.29, 0.717) is 56.0 Å². The van der Waals surface area contributed by atoms with Crippen molar-refractivity contribution in [1.82, 2.24) is 14.7 Å². The Labute approximate surface area is 407 Å². The van der Waals surface area contributed by atoms with E-state index in [1.54, 1.807) is 26.0 Å². The van der Waals surface area contributed by atoms with Gasteiger partial charge < -0.3 is 49.5 Å². The number of hydrogen-bond acceptors (Lipinski definition) is 13. The molecule has 7 atom stereocenters. The Balaban J connectivity index is 1.16. The number of phenolic OH excluding ortho intramolecular Hbond substituents is 2. The number of aromatic hydroxyl groups is 2. The minimum atomic E-state index is -1.87. The zero-order valence-electron chi connectivity index (χ0n) is 42.6. The van der Waals surface area contributed by atoms with Crippen LogP contribution in [0.4, 0.5) is 10.5 Å². The standard InChI is InChI=1S/C54H76N6O9/c1-31(2)29-59-25-20-54(21-26-59)56-41-38-39-45(62)37(8)48-40(38)49(64)52(9,69-48)67-27-12-16-33(4)47(68-51(66)60-22-13-17-53(30-60)18-23-58(10)24-19-53)36(7)44(61)35(6)28-32(3)14-11-15-34(5)50(65)55-43(46(39)63)42(41)57-54/h11-12,14-15,27,31-33,35-36,44,47,56,61-63H,13,16-26,28-30H2,1-10H3/b14-11+,27-12+,34-15-,55-43?/t32-,33+,35+,36+,44?,47?,52-/m0/s1. The number of rotatable bonds is 3. The van der Waals surface area contributed by atoms with Gasteiger partial charge in [0.1, 0.15) is 34.0 Å². The maximum atomic E-state index is 14.9. The zero-order valence-corrected chi connectivity index (χ0v) is 42.6. The van der Waals surface area contributed by atoms with Crippen LogP contribution in [0.15, 0.2) is 46.1 Å². The van der Waals surface area contributed by atoms with Gasteiger partial charge in [-0.15, -0.1) is 0 Å². The van der Waals surface area contributed by atoms with Crippen LogP contribution in [0.2, 0.25) is 0 Å². The van der Waals surface area contributed by atoms with Crippen molar-refractivity contribution in [2.45, 2.75) is 137 Å². The van der Waals surface area contributed by atoms with Gasteiger partial charge in [-0.05, 0) is 108 Å². The van der Waals surface area contributed by atoms with Crippen molar-refractivity contribution in [1.29, 1.82) is 0 Å². The Kier molecular flexibility index (Phi) is 14.4. The normalized spacial score (nSPS) is 31.7. The second-order valence-corrected chi connectivity index (χ2v) is 22.3. The summed E-state index contributed by atoms with van der Waals surface area (Å²) in [5.74, 6) is -4.06. The van der Waals surface area contributed by atoms with E-state index in [2.05, 4.69) is 47.9 Å². The lowest BCUT2D eigenvalue weighted by molar-refractivity contribution is -0.114. The molecule has 4 N–H and O–H groups in total. The molecule has 376 valence electrons. The quantitative estimate of drug-likeness (QED) is 0.222. The van der Waals surface area contributed by atoms with Gasteiger partial charge >= 0.3 is 11.9 Å². The summed E-state index contributed by atoms with van der Waals surface area (Å²) < 4.78 is 19.1. The largest absolute Gasteiger partial charge is 0.507 e. The van der Waals surface area contributed by atoms with E-state index < -0.39 is 47.0 Å². The Hall–Kier alpha value is -4.99. The van der Waals surface area contributed by atoms with Crippen molar-refractivity contribution in [3.63, 3.8) is 0 Å². The molecule has 7 heterocycles. The van der Waals surface area contributed by atoms with E-state index in [1.165, 1.54) is 13.2 Å². The van der Waals surface area contributed by atoms with Gasteiger partial charge in [-0.1, -0.05) is 59.8 Å². The minimum absolute atomic E-state index is 0.0147. The maximum Gasteiger partial charge on any atom is 0.410 e. The number of Topliss-reactive ketones (excluding diaryl/α,β-unsaturated/α-hetero) is 1. The number of allylic oxidation sites excluding steroid dienone is 4. The number of carbonyl (C=O) groups is 3. The lowest BCUT2D eigenvalue weighted by Gasteiger charge is -2.47. The number of piperidine rings is 3. The van der Waals surface area contributed by atoms with Crippen LogP contribution >= 0.6 is 0 Å². The number of carbonyl (C=O) groups excluding carboxylic acids is 3. The highest BCUT2D eigenvalue weighted by Gasteiger charge is 2.51. The molecule has 7 aliphatic heterocycles. The van der Waals surface area contributed by atoms with E-state index in [1.807, 2.05) is 37.8 Å². The van der Waals surface area contributed by atoms with Gasteiger partial charge in [-0.2, -0.15) is 0 Å². The zero-order chi connectivity index (χ0) is 49.7. The van der Waals surface area contributed by atoms with Gasteiger partial charge in [0.15, 0.2) is 5.75 Å². The van der Waals surface area contributed by atoms with Crippen molar-refractivity contribution < 1.29 is 43.9 Å². The number of phenols is 2. The molecular formula is C54H76N6O9. The fourth-order valence-corrected chi connectivity index (χ4v) is 11.9. The number of benzene rings is 2. The van der Waals surface area contributed by atoms with Crippen molar-refractivity contribution in [3.05, 3.63) is 58.0 Å². The summed E-state index contributed by atoms with van der Waals surface area (Å²) in [6.07, 6.45) is 13.2. The van der Waals surface area contributed by atoms with Crippen LogP contribution in [0.1, 0.15) is 123 Å². The Morgan fingerprint density at radius 1 is 0.957 bits per heavy atom. The third kappa shape index (κ3) is 9.89. The van der Waals surface area contributed by atoms with Gasteiger partial charge in [-0.3, -0.25) is 14.6 Å². The van der Waals surface area contributed by atoms with Crippen LogP contribution in [0.5, 0.6) is 17.2 Å². The lowest BCUT2D eigenvalue weighted by atomic mass is 9.72. The van der Waals surface area contributed by atoms with Crippen molar-refractivity contribution in [2.75, 3.05) is 58.2 Å². The molecule has 3 saturated heterocycles. The number of likely N-dealkylation sites (tertiary alicyclic amines) is 3. The van der Waals surface area contributed by atoms with E-state index in [-0.39, 0.29) is 73.4 Å². The molecule has 2 aromatic carbocycles. The number of nitrogens with one attached hydrogen (secondary N) is 1. The number of hydrogen-bond donors (Lipinski definition) is 4. The highest BCUT2D eigenvalue weighted by atomic mass is 16.7. The predicted octanol–water partition coefficient (Wildman–Crippen LogP) is 7.54. The predicted molar refractivity (Wildman–Crippen MR) is 265 cm³/mol. The average molecular weight is 953 g/mol. The van der Waals surface area contributed by atoms with Crippen molar-refractivity contribution >= 4 is 34.2 Å². The SMILES string of the molecule is C/C1=C/C=C/[C@H](C)C[C@@H](C)C(O)[C@@H](C)C(OC(=O)N2CCCC3(CCN(C)CC3)C2)[C@H](C)C/C=C/O[C@@]2(C)Oc3c(C)c(O)c4c(O)c(c5c(c4c3C2=O)NC2(CCN(CC(C)C)CC2)N=5)=NC1=O. The van der Waals surface area contributed by atoms with E-state index in [4.69, 9.17) is 19.2 Å². The average Bonchev–Trinajstić information content (AvgIpc) is 3.81. The number of fused-ring (bicyclic) bond motifs is 13. The molecule has 15 heteroatoms. The third-order valence-electron chi connectivity index (χ3n) is 16.1. The summed E-state index contributed by atoms with van der Waals surface area (Å²) in [7, 11) is 2.15. The number of anilines is 1. The van der Waals surface area contributed by atoms with Crippen LogP contribution in [0, 0.1) is 41.9 Å². The summed E-state index contributed by atoms with van der Waals surface area (Å²) >= 11 is 0. The summed E-state index contributed by atoms with van der Waals surface area (Å²) in [5, 5.41) is 40.0. The molecule has 0 aliphatic carbocycles. The van der Waals surface area contributed by atoms with Crippen LogP contribution in [0.3, 0.4) is 0 Å².